The van der Waals surface area contributed by atoms with E-state index in [0.717, 1.165) is 4.90 Å². The maximum Gasteiger partial charge on any atom is 0.411 e. The summed E-state index contributed by atoms with van der Waals surface area (Å²) in [6.07, 6.45) is -1.42. The van der Waals surface area contributed by atoms with Crippen LogP contribution in [0, 0.1) is 17.8 Å². The zero-order chi connectivity index (χ0) is 48.9. The molecule has 7 atom stereocenters. The molecule has 3 fully saturated rings. The van der Waals surface area contributed by atoms with Gasteiger partial charge in [0.15, 0.2) is 0 Å². The van der Waals surface area contributed by atoms with Crippen LogP contribution in [0.3, 0.4) is 0 Å². The van der Waals surface area contributed by atoms with E-state index in [9.17, 15) is 41.1 Å². The number of ether oxygens (including phenoxy) is 2. The van der Waals surface area contributed by atoms with Crippen LogP contribution in [0.4, 0.5) is 18.0 Å². The highest BCUT2D eigenvalue weighted by atomic mass is 32.2. The Kier molecular flexibility index (Phi) is 13.5. The number of carboxylic acid groups (broad SMARTS) is 1. The molecule has 4 amide bonds. The maximum absolute atomic E-state index is 15.2. The van der Waals surface area contributed by atoms with Crippen molar-refractivity contribution >= 4 is 33.8 Å². The molecular formula is C48H59F3N6O9S. The molecule has 362 valence electrons. The third-order valence-corrected chi connectivity index (χ3v) is 15.7. The van der Waals surface area contributed by atoms with Gasteiger partial charge in [0, 0.05) is 36.2 Å². The molecule has 2 saturated carbocycles. The number of fused-ring (bicyclic) bond motifs is 2. The molecule has 1 aromatic carbocycles. The molecule has 2 aliphatic heterocycles. The fourth-order valence-electron chi connectivity index (χ4n) is 9.12. The van der Waals surface area contributed by atoms with E-state index in [1.54, 1.807) is 54.7 Å². The number of hydrogen-bond donors (Lipinski definition) is 3. The Balaban J connectivity index is 1.30. The Bertz CT molecular complexity index is 2500. The van der Waals surface area contributed by atoms with Gasteiger partial charge in [-0.1, -0.05) is 32.1 Å². The third kappa shape index (κ3) is 10.3. The molecule has 0 spiro atoms. The van der Waals surface area contributed by atoms with Crippen LogP contribution in [0.15, 0.2) is 72.9 Å². The molecule has 19 heteroatoms. The number of alkyl halides is 3. The van der Waals surface area contributed by atoms with E-state index in [2.05, 4.69) is 15.0 Å². The lowest BCUT2D eigenvalue weighted by molar-refractivity contribution is -0.222. The van der Waals surface area contributed by atoms with E-state index >= 15 is 4.79 Å². The van der Waals surface area contributed by atoms with Crippen LogP contribution in [0.2, 0.25) is 0 Å². The van der Waals surface area contributed by atoms with E-state index in [4.69, 9.17) is 14.5 Å². The molecule has 4 heterocycles. The van der Waals surface area contributed by atoms with Gasteiger partial charge in [0.1, 0.15) is 40.8 Å². The first kappa shape index (κ1) is 49.2. The summed E-state index contributed by atoms with van der Waals surface area (Å²) in [6.45, 7) is 9.74. The Morgan fingerprint density at radius 3 is 2.30 bits per heavy atom. The molecule has 2 aliphatic carbocycles. The first-order valence-electron chi connectivity index (χ1n) is 22.7. The predicted octanol–water partition coefficient (Wildman–Crippen LogP) is 7.52. The number of nitrogens with one attached hydrogen (secondary N) is 2. The number of halogens is 3. The summed E-state index contributed by atoms with van der Waals surface area (Å²) in [5.74, 6) is -3.80. The summed E-state index contributed by atoms with van der Waals surface area (Å²) in [5, 5.41) is 13.4. The van der Waals surface area contributed by atoms with Gasteiger partial charge < -0.3 is 24.8 Å². The zero-order valence-corrected chi connectivity index (χ0v) is 39.5. The number of nitrogens with zero attached hydrogens (tertiary/aromatic N) is 4. The van der Waals surface area contributed by atoms with Crippen molar-refractivity contribution in [2.75, 3.05) is 6.54 Å². The third-order valence-electron chi connectivity index (χ3n) is 13.5. The highest BCUT2D eigenvalue weighted by Gasteiger charge is 2.64. The minimum Gasteiger partial charge on any atom is -0.491 e. The van der Waals surface area contributed by atoms with Gasteiger partial charge in [-0.3, -0.25) is 29.0 Å². The van der Waals surface area contributed by atoms with Crippen LogP contribution in [-0.4, -0.2) is 110 Å². The Morgan fingerprint density at radius 2 is 1.69 bits per heavy atom. The van der Waals surface area contributed by atoms with Gasteiger partial charge in [0.05, 0.1) is 34.5 Å². The molecule has 0 unspecified atom stereocenters. The number of hydrogen-bond acceptors (Lipinski definition) is 10. The van der Waals surface area contributed by atoms with Gasteiger partial charge in [-0.15, -0.1) is 0 Å². The monoisotopic (exact) mass is 952 g/mol. The lowest BCUT2D eigenvalue weighted by atomic mass is 9.85. The smallest absolute Gasteiger partial charge is 0.411 e. The van der Waals surface area contributed by atoms with Crippen LogP contribution < -0.4 is 19.5 Å². The van der Waals surface area contributed by atoms with Crippen LogP contribution in [0.1, 0.15) is 93.4 Å². The SMILES string of the molecule is CC(C)Oc1ccc(-c2cc(O[C@@H]3C[C@H]4C(=O)N[C@]5(C(=O)NS(=O)(=O)C6(C)CC6)C[C@H]5C=CCC[C@@H](C)C[C@@H](C)[C@H](N(C(=O)O)C(C)(C)C(F)(F)F)C(=O)N4C3)cc(-c3ccccn3)n2)cc1. The number of carbonyl (C=O) groups excluding carboxylic acids is 3. The topological polar surface area (TPSA) is 197 Å². The van der Waals surface area contributed by atoms with Crippen molar-refractivity contribution in [1.82, 2.24) is 29.8 Å². The van der Waals surface area contributed by atoms with E-state index < -0.39 is 85.9 Å². The fraction of sp³-hybridized carbons (Fsp3) is 0.542. The van der Waals surface area contributed by atoms with Crippen molar-refractivity contribution < 1.29 is 55.3 Å². The quantitative estimate of drug-likeness (QED) is 0.161. The lowest BCUT2D eigenvalue weighted by Crippen LogP contribution is -2.66. The number of aromatic nitrogens is 2. The van der Waals surface area contributed by atoms with Crippen molar-refractivity contribution in [3.8, 4) is 34.1 Å². The summed E-state index contributed by atoms with van der Waals surface area (Å²) < 4.78 is 84.7. The molecule has 3 aromatic rings. The first-order chi connectivity index (χ1) is 31.4. The second kappa shape index (κ2) is 18.4. The number of amides is 4. The highest BCUT2D eigenvalue weighted by molar-refractivity contribution is 7.91. The van der Waals surface area contributed by atoms with Crippen molar-refractivity contribution in [1.29, 1.82) is 0 Å². The Morgan fingerprint density at radius 1 is 1.00 bits per heavy atom. The van der Waals surface area contributed by atoms with Crippen LogP contribution in [0.5, 0.6) is 11.5 Å². The lowest BCUT2D eigenvalue weighted by Gasteiger charge is -2.45. The van der Waals surface area contributed by atoms with Gasteiger partial charge in [-0.05, 0) is 121 Å². The summed E-state index contributed by atoms with van der Waals surface area (Å²) in [7, 11) is -4.15. The molecule has 67 heavy (non-hydrogen) atoms. The Hall–Kier alpha value is -5.72. The zero-order valence-electron chi connectivity index (χ0n) is 38.7. The molecule has 2 aromatic heterocycles. The second-order valence-corrected chi connectivity index (χ2v) is 21.8. The summed E-state index contributed by atoms with van der Waals surface area (Å²) in [4.78, 5) is 67.8. The number of pyridine rings is 2. The normalized spacial score (nSPS) is 26.6. The molecule has 4 aliphatic rings. The van der Waals surface area contributed by atoms with Crippen molar-refractivity contribution in [2.45, 2.75) is 140 Å². The van der Waals surface area contributed by atoms with Crippen molar-refractivity contribution in [3.05, 3.63) is 72.9 Å². The molecule has 7 rings (SSSR count). The van der Waals surface area contributed by atoms with Gasteiger partial charge >= 0.3 is 12.3 Å². The second-order valence-electron chi connectivity index (χ2n) is 19.6. The standard InChI is InChI=1S/C48H59F3N6O9S/c1-28(2)65-33-17-15-31(16-18-33)37-23-34(24-38(53-37)36-14-10-11-21-52-36)66-35-25-39-41(58)54-47(43(60)55-67(63,64)46(7)19-20-46)26-32(47)13-9-8-12-29(3)22-30(4)40(42(59)56(39)27-35)57(44(61)62)45(5,6)48(49,50)51/h9-11,13-18,21,23-24,28-30,32,35,39-40H,8,12,19-20,22,25-27H2,1-7H3,(H,54,58)(H,55,60)(H,61,62)/t29-,30-,32-,35-,39+,40+,47-/m1/s1. The number of carbonyl (C=O) groups is 4. The van der Waals surface area contributed by atoms with Crippen LogP contribution in [-0.2, 0) is 24.4 Å². The molecule has 1 saturated heterocycles. The van der Waals surface area contributed by atoms with E-state index in [-0.39, 0.29) is 48.5 Å². The average Bonchev–Trinajstić information content (AvgIpc) is 4.13. The Labute approximate surface area is 388 Å². The highest BCUT2D eigenvalue weighted by Crippen LogP contribution is 2.48. The molecule has 0 radical (unpaired) electrons. The molecule has 15 nitrogen and oxygen atoms in total. The van der Waals surface area contributed by atoms with Crippen LogP contribution in [0.25, 0.3) is 22.6 Å². The summed E-state index contributed by atoms with van der Waals surface area (Å²) in [5.41, 5.74) is -2.71. The van der Waals surface area contributed by atoms with Crippen molar-refractivity contribution in [3.63, 3.8) is 0 Å². The van der Waals surface area contributed by atoms with Gasteiger partial charge in [-0.2, -0.15) is 13.2 Å². The van der Waals surface area contributed by atoms with Gasteiger partial charge in [-0.25, -0.2) is 18.2 Å². The minimum atomic E-state index is -5.11. The largest absolute Gasteiger partial charge is 0.491 e. The minimum absolute atomic E-state index is 0.0380. The van der Waals surface area contributed by atoms with Gasteiger partial charge in [0.25, 0.3) is 5.91 Å². The maximum atomic E-state index is 15.2. The van der Waals surface area contributed by atoms with E-state index in [1.807, 2.05) is 39.0 Å². The average molecular weight is 953 g/mol. The van der Waals surface area contributed by atoms with Crippen LogP contribution >= 0.6 is 0 Å². The summed E-state index contributed by atoms with van der Waals surface area (Å²) in [6, 6.07) is 12.4. The number of allylic oxidation sites excluding steroid dienone is 1. The molecule has 3 N–H and O–H groups in total. The molecular weight excluding hydrogens is 894 g/mol. The fourth-order valence-corrected chi connectivity index (χ4v) is 10.4. The van der Waals surface area contributed by atoms with E-state index in [1.165, 1.54) is 13.8 Å². The van der Waals surface area contributed by atoms with E-state index in [0.29, 0.717) is 67.9 Å². The number of benzene rings is 1. The predicted molar refractivity (Wildman–Crippen MR) is 242 cm³/mol. The van der Waals surface area contributed by atoms with Gasteiger partial charge in [0.2, 0.25) is 21.8 Å². The van der Waals surface area contributed by atoms with Crippen molar-refractivity contribution in [2.24, 2.45) is 17.8 Å². The molecule has 0 bridgehead atoms. The first-order valence-corrected chi connectivity index (χ1v) is 24.2. The number of rotatable bonds is 11. The summed E-state index contributed by atoms with van der Waals surface area (Å²) >= 11 is 0. The number of sulfonamides is 1.